The largest absolute Gasteiger partial charge is 0.490 e. The minimum atomic E-state index is 0.150. The molecule has 0 saturated carbocycles. The summed E-state index contributed by atoms with van der Waals surface area (Å²) in [5.74, 6) is 2.43. The highest BCUT2D eigenvalue weighted by molar-refractivity contribution is 5.68. The number of ether oxygens (including phenoxy) is 1. The van der Waals surface area contributed by atoms with E-state index in [1.165, 1.54) is 24.0 Å². The third kappa shape index (κ3) is 3.20. The zero-order chi connectivity index (χ0) is 15.5. The third-order valence-corrected chi connectivity index (χ3v) is 4.30. The molecule has 1 saturated heterocycles. The van der Waals surface area contributed by atoms with Crippen molar-refractivity contribution >= 4 is 0 Å². The monoisotopic (exact) mass is 299 g/mol. The maximum atomic E-state index is 6.08. The average Bonchev–Trinajstić information content (AvgIpc) is 3.03. The maximum Gasteiger partial charge on any atom is 0.137 e. The SMILES string of the molecule is Cc1cc(-c2ccco2)c(OC(C)C)cc1C1CCNCC1. The lowest BCUT2D eigenvalue weighted by molar-refractivity contribution is 0.242. The molecule has 3 nitrogen and oxygen atoms in total. The third-order valence-electron chi connectivity index (χ3n) is 4.30. The Morgan fingerprint density at radius 3 is 2.64 bits per heavy atom. The van der Waals surface area contributed by atoms with Crippen molar-refractivity contribution in [3.05, 3.63) is 41.7 Å². The Morgan fingerprint density at radius 1 is 1.23 bits per heavy atom. The first-order valence-electron chi connectivity index (χ1n) is 8.21. The van der Waals surface area contributed by atoms with Gasteiger partial charge in [-0.1, -0.05) is 0 Å². The number of nitrogens with one attached hydrogen (secondary N) is 1. The smallest absolute Gasteiger partial charge is 0.137 e. The van der Waals surface area contributed by atoms with Crippen molar-refractivity contribution in [1.82, 2.24) is 5.32 Å². The van der Waals surface area contributed by atoms with Gasteiger partial charge in [-0.15, -0.1) is 0 Å². The lowest BCUT2D eigenvalue weighted by Gasteiger charge is -2.26. The van der Waals surface area contributed by atoms with Crippen LogP contribution in [-0.2, 0) is 0 Å². The summed E-state index contributed by atoms with van der Waals surface area (Å²) in [6.07, 6.45) is 4.26. The quantitative estimate of drug-likeness (QED) is 0.902. The Bertz CT molecular complexity index is 611. The average molecular weight is 299 g/mol. The molecule has 1 aliphatic heterocycles. The van der Waals surface area contributed by atoms with Gasteiger partial charge in [-0.25, -0.2) is 0 Å². The summed E-state index contributed by atoms with van der Waals surface area (Å²) in [6, 6.07) is 8.37. The van der Waals surface area contributed by atoms with Gasteiger partial charge in [-0.05, 0) is 88.0 Å². The molecule has 0 aliphatic carbocycles. The molecule has 1 aromatic carbocycles. The molecule has 0 bridgehead atoms. The van der Waals surface area contributed by atoms with Crippen LogP contribution in [0, 0.1) is 6.92 Å². The van der Waals surface area contributed by atoms with Gasteiger partial charge in [-0.2, -0.15) is 0 Å². The zero-order valence-electron chi connectivity index (χ0n) is 13.7. The number of benzene rings is 1. The minimum Gasteiger partial charge on any atom is -0.490 e. The predicted octanol–water partition coefficient (Wildman–Crippen LogP) is 4.51. The van der Waals surface area contributed by atoms with Crippen molar-refractivity contribution in [3.8, 4) is 17.1 Å². The van der Waals surface area contributed by atoms with Crippen LogP contribution in [0.1, 0.15) is 43.7 Å². The van der Waals surface area contributed by atoms with Crippen molar-refractivity contribution in [3.63, 3.8) is 0 Å². The molecule has 3 heteroatoms. The Labute approximate surface area is 132 Å². The fourth-order valence-electron chi connectivity index (χ4n) is 3.25. The number of hydrogen-bond acceptors (Lipinski definition) is 3. The van der Waals surface area contributed by atoms with Gasteiger partial charge in [-0.3, -0.25) is 0 Å². The Balaban J connectivity index is 2.02. The first kappa shape index (κ1) is 15.2. The molecule has 1 aromatic heterocycles. The first-order valence-corrected chi connectivity index (χ1v) is 8.21. The van der Waals surface area contributed by atoms with Crippen LogP contribution in [-0.4, -0.2) is 19.2 Å². The molecule has 1 fully saturated rings. The van der Waals surface area contributed by atoms with Crippen molar-refractivity contribution in [2.24, 2.45) is 0 Å². The van der Waals surface area contributed by atoms with Gasteiger partial charge in [0.2, 0.25) is 0 Å². The van der Waals surface area contributed by atoms with E-state index in [0.717, 1.165) is 30.2 Å². The Morgan fingerprint density at radius 2 is 2.00 bits per heavy atom. The molecule has 0 spiro atoms. The van der Waals surface area contributed by atoms with Crippen LogP contribution in [0.15, 0.2) is 34.9 Å². The van der Waals surface area contributed by atoms with E-state index in [9.17, 15) is 0 Å². The summed E-state index contributed by atoms with van der Waals surface area (Å²) in [7, 11) is 0. The molecule has 0 atom stereocenters. The number of piperidine rings is 1. The molecule has 22 heavy (non-hydrogen) atoms. The Hall–Kier alpha value is -1.74. The summed E-state index contributed by atoms with van der Waals surface area (Å²) in [4.78, 5) is 0. The molecule has 0 unspecified atom stereocenters. The Kier molecular flexibility index (Phi) is 4.53. The van der Waals surface area contributed by atoms with E-state index in [0.29, 0.717) is 5.92 Å². The van der Waals surface area contributed by atoms with E-state index in [4.69, 9.17) is 9.15 Å². The topological polar surface area (TPSA) is 34.4 Å². The van der Waals surface area contributed by atoms with Gasteiger partial charge in [0.15, 0.2) is 0 Å². The minimum absolute atomic E-state index is 0.150. The lowest BCUT2D eigenvalue weighted by Crippen LogP contribution is -2.27. The van der Waals surface area contributed by atoms with E-state index in [1.807, 2.05) is 12.1 Å². The molecule has 3 rings (SSSR count). The van der Waals surface area contributed by atoms with Gasteiger partial charge >= 0.3 is 0 Å². The second kappa shape index (κ2) is 6.57. The standard InChI is InChI=1S/C19H25NO2/c1-13(2)22-19-12-16(15-6-8-20-9-7-15)14(3)11-17(19)18-5-4-10-21-18/h4-5,10-13,15,20H,6-9H2,1-3H3. The summed E-state index contributed by atoms with van der Waals surface area (Å²) >= 11 is 0. The summed E-state index contributed by atoms with van der Waals surface area (Å²) in [5.41, 5.74) is 3.80. The zero-order valence-corrected chi connectivity index (χ0v) is 13.7. The van der Waals surface area contributed by atoms with E-state index in [-0.39, 0.29) is 6.10 Å². The van der Waals surface area contributed by atoms with Crippen molar-refractivity contribution < 1.29 is 9.15 Å². The molecular formula is C19H25NO2. The van der Waals surface area contributed by atoms with Crippen LogP contribution in [0.5, 0.6) is 5.75 Å². The fourth-order valence-corrected chi connectivity index (χ4v) is 3.25. The van der Waals surface area contributed by atoms with Gasteiger partial charge < -0.3 is 14.5 Å². The highest BCUT2D eigenvalue weighted by atomic mass is 16.5. The van der Waals surface area contributed by atoms with Crippen LogP contribution in [0.3, 0.4) is 0 Å². The van der Waals surface area contributed by atoms with Crippen LogP contribution in [0.4, 0.5) is 0 Å². The van der Waals surface area contributed by atoms with Crippen molar-refractivity contribution in [2.75, 3.05) is 13.1 Å². The van der Waals surface area contributed by atoms with Gasteiger partial charge in [0.25, 0.3) is 0 Å². The highest BCUT2D eigenvalue weighted by Crippen LogP contribution is 2.38. The molecule has 2 aromatic rings. The molecule has 1 aliphatic rings. The highest BCUT2D eigenvalue weighted by Gasteiger charge is 2.21. The molecule has 0 radical (unpaired) electrons. The van der Waals surface area contributed by atoms with Crippen molar-refractivity contribution in [1.29, 1.82) is 0 Å². The number of aryl methyl sites for hydroxylation is 1. The van der Waals surface area contributed by atoms with E-state index < -0.39 is 0 Å². The molecular weight excluding hydrogens is 274 g/mol. The summed E-state index contributed by atoms with van der Waals surface area (Å²) < 4.78 is 11.7. The molecule has 118 valence electrons. The predicted molar refractivity (Wildman–Crippen MR) is 89.5 cm³/mol. The second-order valence-corrected chi connectivity index (χ2v) is 6.37. The van der Waals surface area contributed by atoms with E-state index >= 15 is 0 Å². The van der Waals surface area contributed by atoms with Gasteiger partial charge in [0.05, 0.1) is 17.9 Å². The van der Waals surface area contributed by atoms with Gasteiger partial charge in [0.1, 0.15) is 11.5 Å². The number of rotatable bonds is 4. The van der Waals surface area contributed by atoms with E-state index in [1.54, 1.807) is 6.26 Å². The van der Waals surface area contributed by atoms with Crippen LogP contribution < -0.4 is 10.1 Å². The molecule has 2 heterocycles. The van der Waals surface area contributed by atoms with Crippen LogP contribution in [0.25, 0.3) is 11.3 Å². The van der Waals surface area contributed by atoms with Crippen LogP contribution in [0.2, 0.25) is 0 Å². The molecule has 0 amide bonds. The lowest BCUT2D eigenvalue weighted by atomic mass is 9.86. The normalized spacial score (nSPS) is 16.2. The van der Waals surface area contributed by atoms with Gasteiger partial charge in [0, 0.05) is 0 Å². The summed E-state index contributed by atoms with van der Waals surface area (Å²) in [5, 5.41) is 3.44. The maximum absolute atomic E-state index is 6.08. The van der Waals surface area contributed by atoms with Crippen molar-refractivity contribution in [2.45, 2.75) is 45.6 Å². The first-order chi connectivity index (χ1) is 10.6. The fraction of sp³-hybridized carbons (Fsp3) is 0.474. The number of furan rings is 1. The van der Waals surface area contributed by atoms with E-state index in [2.05, 4.69) is 38.2 Å². The van der Waals surface area contributed by atoms with Crippen LogP contribution >= 0.6 is 0 Å². The second-order valence-electron chi connectivity index (χ2n) is 6.37. The summed E-state index contributed by atoms with van der Waals surface area (Å²) in [6.45, 7) is 8.53. The molecule has 1 N–H and O–H groups in total. The number of hydrogen-bond donors (Lipinski definition) is 1.